The summed E-state index contributed by atoms with van der Waals surface area (Å²) >= 11 is 0. The summed E-state index contributed by atoms with van der Waals surface area (Å²) in [6.45, 7) is 3.15. The predicted molar refractivity (Wildman–Crippen MR) is 102 cm³/mol. The van der Waals surface area contributed by atoms with Crippen LogP contribution in [0.25, 0.3) is 0 Å². The van der Waals surface area contributed by atoms with Crippen molar-refractivity contribution in [3.63, 3.8) is 0 Å². The topological polar surface area (TPSA) is 146 Å². The first-order valence-corrected chi connectivity index (χ1v) is 9.77. The third-order valence-corrected chi connectivity index (χ3v) is 4.84. The van der Waals surface area contributed by atoms with Gasteiger partial charge in [0.1, 0.15) is 10.6 Å². The molecule has 29 heavy (non-hydrogen) atoms. The van der Waals surface area contributed by atoms with E-state index in [-0.39, 0.29) is 46.3 Å². The van der Waals surface area contributed by atoms with E-state index in [4.69, 9.17) is 14.2 Å². The van der Waals surface area contributed by atoms with Gasteiger partial charge in [-0.15, -0.1) is 0 Å². The summed E-state index contributed by atoms with van der Waals surface area (Å²) in [4.78, 5) is 31.2. The van der Waals surface area contributed by atoms with Gasteiger partial charge in [-0.3, -0.25) is 10.1 Å². The van der Waals surface area contributed by atoms with Gasteiger partial charge in [-0.25, -0.2) is 17.9 Å². The van der Waals surface area contributed by atoms with Crippen LogP contribution in [0.3, 0.4) is 0 Å². The summed E-state index contributed by atoms with van der Waals surface area (Å²) in [6.07, 6.45) is 0. The van der Waals surface area contributed by atoms with E-state index in [0.29, 0.717) is 0 Å². The zero-order valence-corrected chi connectivity index (χ0v) is 17.0. The van der Waals surface area contributed by atoms with Crippen molar-refractivity contribution in [2.75, 3.05) is 26.1 Å². The number of ether oxygens (including phenoxy) is 3. The number of aromatic nitrogens is 2. The molecule has 2 N–H and O–H groups in total. The molecule has 0 aliphatic heterocycles. The summed E-state index contributed by atoms with van der Waals surface area (Å²) < 4.78 is 42.4. The Morgan fingerprint density at radius 3 is 2.21 bits per heavy atom. The van der Waals surface area contributed by atoms with Crippen molar-refractivity contribution in [3.05, 3.63) is 29.8 Å². The number of nitrogens with zero attached hydrogens (tertiary/aromatic N) is 2. The molecule has 156 valence electrons. The number of anilines is 1. The molecule has 1 aromatic heterocycles. The fraction of sp³-hybridized carbons (Fsp3) is 0.294. The molecule has 11 nitrogen and oxygen atoms in total. The lowest BCUT2D eigenvalue weighted by Gasteiger charge is -2.13. The average molecular weight is 424 g/mol. The van der Waals surface area contributed by atoms with E-state index in [1.54, 1.807) is 6.92 Å². The van der Waals surface area contributed by atoms with Crippen LogP contribution in [0.5, 0.6) is 17.5 Å². The molecule has 0 bridgehead atoms. The Hall–Kier alpha value is -3.41. The molecule has 0 saturated heterocycles. The Balaban J connectivity index is 2.30. The first-order chi connectivity index (χ1) is 13.7. The zero-order valence-electron chi connectivity index (χ0n) is 16.2. The van der Waals surface area contributed by atoms with Crippen LogP contribution in [0.2, 0.25) is 0 Å². The zero-order chi connectivity index (χ0) is 21.6. The quantitative estimate of drug-likeness (QED) is 0.603. The van der Waals surface area contributed by atoms with E-state index in [1.165, 1.54) is 39.3 Å². The number of rotatable bonds is 8. The number of sulfonamides is 1. The summed E-state index contributed by atoms with van der Waals surface area (Å²) in [5, 5.41) is 2.19. The first-order valence-electron chi connectivity index (χ1n) is 8.28. The molecular formula is C17H20N4O7S. The van der Waals surface area contributed by atoms with E-state index in [2.05, 4.69) is 15.3 Å². The predicted octanol–water partition coefficient (Wildman–Crippen LogP) is 1.61. The first kappa shape index (κ1) is 21.9. The number of nitrogens with one attached hydrogen (secondary N) is 2. The van der Waals surface area contributed by atoms with Crippen molar-refractivity contribution in [2.45, 2.75) is 18.7 Å². The minimum Gasteiger partial charge on any atom is -0.492 e. The highest BCUT2D eigenvalue weighted by atomic mass is 32.2. The van der Waals surface area contributed by atoms with Gasteiger partial charge in [0, 0.05) is 5.56 Å². The van der Waals surface area contributed by atoms with E-state index >= 15 is 0 Å². The van der Waals surface area contributed by atoms with Crippen molar-refractivity contribution in [3.8, 4) is 17.5 Å². The molecule has 1 heterocycles. The van der Waals surface area contributed by atoms with Gasteiger partial charge < -0.3 is 14.2 Å². The lowest BCUT2D eigenvalue weighted by atomic mass is 10.1. The van der Waals surface area contributed by atoms with Crippen LogP contribution in [0.15, 0.2) is 29.2 Å². The van der Waals surface area contributed by atoms with Crippen LogP contribution in [0, 0.1) is 0 Å². The Morgan fingerprint density at radius 2 is 1.69 bits per heavy atom. The average Bonchev–Trinajstić information content (AvgIpc) is 2.67. The highest BCUT2D eigenvalue weighted by Gasteiger charge is 2.24. The van der Waals surface area contributed by atoms with Crippen LogP contribution < -0.4 is 24.2 Å². The van der Waals surface area contributed by atoms with E-state index in [9.17, 15) is 18.0 Å². The standard InChI is InChI=1S/C17H20N4O7S/c1-5-28-12-7-6-11(10(2)22)8-13(12)29(24,25)21-17(23)20-16-18-14(26-3)9-15(19-16)27-4/h6-9H,5H2,1-4H3,(H2,18,19,20,21,23). The maximum absolute atomic E-state index is 12.7. The van der Waals surface area contributed by atoms with Crippen LogP contribution in [0.1, 0.15) is 24.2 Å². The lowest BCUT2D eigenvalue weighted by Crippen LogP contribution is -2.35. The molecule has 0 saturated carbocycles. The van der Waals surface area contributed by atoms with Crippen LogP contribution in [-0.4, -0.2) is 51.0 Å². The van der Waals surface area contributed by atoms with Crippen molar-refractivity contribution in [1.29, 1.82) is 0 Å². The molecule has 2 rings (SSSR count). The fourth-order valence-electron chi connectivity index (χ4n) is 2.18. The van der Waals surface area contributed by atoms with Gasteiger partial charge in [0.2, 0.25) is 17.7 Å². The molecule has 2 amide bonds. The van der Waals surface area contributed by atoms with E-state index < -0.39 is 16.1 Å². The molecule has 0 unspecified atom stereocenters. The largest absolute Gasteiger partial charge is 0.492 e. The minimum atomic E-state index is -4.38. The van der Waals surface area contributed by atoms with E-state index in [0.717, 1.165) is 6.07 Å². The Bertz CT molecular complexity index is 1000. The summed E-state index contributed by atoms with van der Waals surface area (Å²) in [6, 6.07) is 4.16. The molecule has 0 atom stereocenters. The molecule has 0 fully saturated rings. The summed E-state index contributed by atoms with van der Waals surface area (Å²) in [5.41, 5.74) is 0.148. The Morgan fingerprint density at radius 1 is 1.07 bits per heavy atom. The van der Waals surface area contributed by atoms with Gasteiger partial charge in [0.15, 0.2) is 5.78 Å². The third-order valence-electron chi connectivity index (χ3n) is 3.49. The minimum absolute atomic E-state index is 0.00269. The highest BCUT2D eigenvalue weighted by Crippen LogP contribution is 2.25. The lowest BCUT2D eigenvalue weighted by molar-refractivity contribution is 0.101. The second kappa shape index (κ2) is 9.19. The Labute approximate surface area is 167 Å². The number of benzene rings is 1. The number of ketones is 1. The number of urea groups is 1. The van der Waals surface area contributed by atoms with Gasteiger partial charge in [-0.05, 0) is 32.0 Å². The van der Waals surface area contributed by atoms with E-state index in [1.807, 2.05) is 4.72 Å². The molecule has 2 aromatic rings. The maximum atomic E-state index is 12.7. The van der Waals surface area contributed by atoms with Crippen molar-refractivity contribution < 1.29 is 32.2 Å². The number of Topliss-reactive ketones (excluding diaryl/α,β-unsaturated/α-hetero) is 1. The van der Waals surface area contributed by atoms with Crippen LogP contribution in [-0.2, 0) is 10.0 Å². The van der Waals surface area contributed by atoms with Gasteiger partial charge >= 0.3 is 6.03 Å². The molecule has 0 aliphatic carbocycles. The third kappa shape index (κ3) is 5.54. The molecule has 0 radical (unpaired) electrons. The molecule has 1 aromatic carbocycles. The monoisotopic (exact) mass is 424 g/mol. The number of hydrogen-bond acceptors (Lipinski definition) is 9. The van der Waals surface area contributed by atoms with Crippen molar-refractivity contribution in [1.82, 2.24) is 14.7 Å². The number of carbonyl (C=O) groups excluding carboxylic acids is 2. The van der Waals surface area contributed by atoms with Crippen LogP contribution >= 0.6 is 0 Å². The number of hydrogen-bond donors (Lipinski definition) is 2. The highest BCUT2D eigenvalue weighted by molar-refractivity contribution is 7.90. The maximum Gasteiger partial charge on any atom is 0.335 e. The second-order valence-corrected chi connectivity index (χ2v) is 7.14. The molecule has 0 spiro atoms. The number of methoxy groups -OCH3 is 2. The summed E-state index contributed by atoms with van der Waals surface area (Å²) in [7, 11) is -1.67. The Kier molecular flexibility index (Phi) is 6.93. The van der Waals surface area contributed by atoms with Gasteiger partial charge in [0.25, 0.3) is 10.0 Å². The van der Waals surface area contributed by atoms with Gasteiger partial charge in [0.05, 0.1) is 26.9 Å². The summed E-state index contributed by atoms with van der Waals surface area (Å²) in [5.74, 6) is -0.384. The van der Waals surface area contributed by atoms with Crippen LogP contribution in [0.4, 0.5) is 10.7 Å². The van der Waals surface area contributed by atoms with Gasteiger partial charge in [-0.1, -0.05) is 0 Å². The molecule has 12 heteroatoms. The number of amides is 2. The molecule has 0 aliphatic rings. The second-order valence-electron chi connectivity index (χ2n) is 5.49. The number of carbonyl (C=O) groups is 2. The van der Waals surface area contributed by atoms with Crippen molar-refractivity contribution >= 4 is 27.8 Å². The SMILES string of the molecule is CCOc1ccc(C(C)=O)cc1S(=O)(=O)NC(=O)Nc1nc(OC)cc(OC)n1. The molecular weight excluding hydrogens is 404 g/mol. The van der Waals surface area contributed by atoms with Crippen molar-refractivity contribution in [2.24, 2.45) is 0 Å². The smallest absolute Gasteiger partial charge is 0.335 e. The fourth-order valence-corrected chi connectivity index (χ4v) is 3.26. The van der Waals surface area contributed by atoms with Gasteiger partial charge in [-0.2, -0.15) is 9.97 Å². The normalized spacial score (nSPS) is 10.8.